The lowest BCUT2D eigenvalue weighted by Crippen LogP contribution is -2.24. The van der Waals surface area contributed by atoms with E-state index in [2.05, 4.69) is 15.3 Å². The van der Waals surface area contributed by atoms with Gasteiger partial charge >= 0.3 is 0 Å². The molecule has 4 rings (SSSR count). The summed E-state index contributed by atoms with van der Waals surface area (Å²) in [5, 5.41) is 4.15. The Labute approximate surface area is 159 Å². The predicted octanol–water partition coefficient (Wildman–Crippen LogP) is 3.27. The van der Waals surface area contributed by atoms with Crippen LogP contribution in [0.25, 0.3) is 10.2 Å². The molecule has 2 N–H and O–H groups in total. The van der Waals surface area contributed by atoms with E-state index in [1.807, 2.05) is 30.3 Å². The number of aryl methyl sites for hydroxylation is 2. The molecular formula is C19H19N3O2S2. The largest absolute Gasteiger partial charge is 0.351 e. The second kappa shape index (κ2) is 7.63. The average molecular weight is 386 g/mol. The van der Waals surface area contributed by atoms with E-state index in [0.717, 1.165) is 35.0 Å². The van der Waals surface area contributed by atoms with Crippen molar-refractivity contribution in [3.8, 4) is 0 Å². The quantitative estimate of drug-likeness (QED) is 0.522. The highest BCUT2D eigenvalue weighted by atomic mass is 32.2. The van der Waals surface area contributed by atoms with E-state index >= 15 is 0 Å². The zero-order valence-electron chi connectivity index (χ0n) is 14.2. The molecule has 7 heteroatoms. The summed E-state index contributed by atoms with van der Waals surface area (Å²) in [6.45, 7) is 0.501. The fourth-order valence-electron chi connectivity index (χ4n) is 3.19. The van der Waals surface area contributed by atoms with E-state index in [1.165, 1.54) is 28.6 Å². The molecule has 2 aromatic heterocycles. The predicted molar refractivity (Wildman–Crippen MR) is 106 cm³/mol. The Morgan fingerprint density at radius 1 is 1.23 bits per heavy atom. The van der Waals surface area contributed by atoms with Crippen molar-refractivity contribution in [3.05, 3.63) is 56.7 Å². The van der Waals surface area contributed by atoms with Crippen LogP contribution in [-0.4, -0.2) is 21.6 Å². The van der Waals surface area contributed by atoms with E-state index in [9.17, 15) is 9.59 Å². The number of hydrogen-bond acceptors (Lipinski definition) is 5. The molecule has 0 aliphatic heterocycles. The number of H-pyrrole nitrogens is 1. The second-order valence-electron chi connectivity index (χ2n) is 6.31. The van der Waals surface area contributed by atoms with Gasteiger partial charge < -0.3 is 10.3 Å². The van der Waals surface area contributed by atoms with Crippen molar-refractivity contribution in [2.75, 3.05) is 5.75 Å². The number of nitrogens with zero attached hydrogens (tertiary/aromatic N) is 1. The zero-order chi connectivity index (χ0) is 17.9. The van der Waals surface area contributed by atoms with Crippen molar-refractivity contribution in [3.63, 3.8) is 0 Å². The number of nitrogens with one attached hydrogen (secondary N) is 2. The highest BCUT2D eigenvalue weighted by molar-refractivity contribution is 7.99. The van der Waals surface area contributed by atoms with Gasteiger partial charge in [0.25, 0.3) is 5.56 Å². The fraction of sp³-hybridized carbons (Fsp3) is 0.316. The Morgan fingerprint density at radius 2 is 2.04 bits per heavy atom. The monoisotopic (exact) mass is 385 g/mol. The van der Waals surface area contributed by atoms with Crippen LogP contribution in [0.4, 0.5) is 0 Å². The molecule has 1 aliphatic rings. The Morgan fingerprint density at radius 3 is 2.88 bits per heavy atom. The van der Waals surface area contributed by atoms with Gasteiger partial charge in [0.15, 0.2) is 5.16 Å². The molecule has 0 atom stereocenters. The van der Waals surface area contributed by atoms with E-state index in [0.29, 0.717) is 11.7 Å². The first-order valence-electron chi connectivity index (χ1n) is 8.68. The van der Waals surface area contributed by atoms with Gasteiger partial charge in [0.2, 0.25) is 5.91 Å². The third kappa shape index (κ3) is 3.68. The first-order chi connectivity index (χ1) is 12.7. The molecule has 5 nitrogen and oxygen atoms in total. The molecular weight excluding hydrogens is 366 g/mol. The van der Waals surface area contributed by atoms with Crippen LogP contribution in [0, 0.1) is 0 Å². The topological polar surface area (TPSA) is 74.8 Å². The fourth-order valence-corrected chi connectivity index (χ4v) is 5.20. The maximum atomic E-state index is 12.5. The minimum Gasteiger partial charge on any atom is -0.351 e. The average Bonchev–Trinajstić information content (AvgIpc) is 3.04. The van der Waals surface area contributed by atoms with Gasteiger partial charge in [0.05, 0.1) is 11.1 Å². The summed E-state index contributed by atoms with van der Waals surface area (Å²) in [6, 6.07) is 9.78. The van der Waals surface area contributed by atoms with Gasteiger partial charge in [-0.3, -0.25) is 9.59 Å². The highest BCUT2D eigenvalue weighted by Gasteiger charge is 2.20. The number of hydrogen-bond donors (Lipinski definition) is 2. The number of aromatic amines is 1. The van der Waals surface area contributed by atoms with E-state index in [1.54, 1.807) is 11.3 Å². The van der Waals surface area contributed by atoms with Crippen molar-refractivity contribution < 1.29 is 4.79 Å². The maximum absolute atomic E-state index is 12.5. The Bertz CT molecular complexity index is 995. The first-order valence-corrected chi connectivity index (χ1v) is 10.5. The summed E-state index contributed by atoms with van der Waals surface area (Å²) in [7, 11) is 0. The van der Waals surface area contributed by atoms with Crippen LogP contribution in [0.1, 0.15) is 28.8 Å². The number of aromatic nitrogens is 2. The molecule has 0 radical (unpaired) electrons. The minimum absolute atomic E-state index is 0.0768. The molecule has 1 aromatic carbocycles. The summed E-state index contributed by atoms with van der Waals surface area (Å²) in [4.78, 5) is 34.0. The van der Waals surface area contributed by atoms with Crippen molar-refractivity contribution in [2.45, 2.75) is 37.4 Å². The van der Waals surface area contributed by atoms with Gasteiger partial charge in [-0.1, -0.05) is 42.1 Å². The molecule has 1 aliphatic carbocycles. The molecule has 26 heavy (non-hydrogen) atoms. The summed E-state index contributed by atoms with van der Waals surface area (Å²) >= 11 is 2.89. The number of benzene rings is 1. The highest BCUT2D eigenvalue weighted by Crippen LogP contribution is 2.34. The third-order valence-corrected chi connectivity index (χ3v) is 6.53. The van der Waals surface area contributed by atoms with E-state index in [-0.39, 0.29) is 17.2 Å². The number of carbonyl (C=O) groups excluding carboxylic acids is 1. The van der Waals surface area contributed by atoms with Crippen LogP contribution in [-0.2, 0) is 24.2 Å². The van der Waals surface area contributed by atoms with Crippen LogP contribution in [0.3, 0.4) is 0 Å². The van der Waals surface area contributed by atoms with Gasteiger partial charge in [0.1, 0.15) is 4.83 Å². The number of thiophene rings is 1. The molecule has 0 saturated heterocycles. The number of rotatable bonds is 5. The number of carbonyl (C=O) groups is 1. The van der Waals surface area contributed by atoms with Crippen molar-refractivity contribution in [1.29, 1.82) is 0 Å². The molecule has 0 bridgehead atoms. The van der Waals surface area contributed by atoms with Gasteiger partial charge in [0, 0.05) is 11.4 Å². The Hall–Kier alpha value is -2.12. The normalized spacial score (nSPS) is 13.5. The molecule has 3 aromatic rings. The SMILES string of the molecule is O=C(CSc1nc2sc3c(c2c(=O)[nH]1)CCCC3)NCc1ccccc1. The lowest BCUT2D eigenvalue weighted by Gasteiger charge is -2.09. The molecule has 0 unspecified atom stereocenters. The number of thioether (sulfide) groups is 1. The van der Waals surface area contributed by atoms with Gasteiger partial charge in [-0.15, -0.1) is 11.3 Å². The smallest absolute Gasteiger partial charge is 0.260 e. The lowest BCUT2D eigenvalue weighted by atomic mass is 9.97. The summed E-state index contributed by atoms with van der Waals surface area (Å²) < 4.78 is 0. The molecule has 1 amide bonds. The van der Waals surface area contributed by atoms with Crippen LogP contribution in [0.15, 0.2) is 40.3 Å². The van der Waals surface area contributed by atoms with Crippen molar-refractivity contribution in [1.82, 2.24) is 15.3 Å². The maximum Gasteiger partial charge on any atom is 0.260 e. The Balaban J connectivity index is 1.42. The van der Waals surface area contributed by atoms with Gasteiger partial charge in [-0.2, -0.15) is 0 Å². The van der Waals surface area contributed by atoms with Crippen LogP contribution in [0.2, 0.25) is 0 Å². The number of amides is 1. The van der Waals surface area contributed by atoms with Crippen molar-refractivity contribution >= 4 is 39.2 Å². The van der Waals surface area contributed by atoms with E-state index in [4.69, 9.17) is 0 Å². The minimum atomic E-state index is -0.0819. The molecule has 0 fully saturated rings. The summed E-state index contributed by atoms with van der Waals surface area (Å²) in [5.41, 5.74) is 2.16. The van der Waals surface area contributed by atoms with Crippen molar-refractivity contribution in [2.24, 2.45) is 0 Å². The first kappa shape index (κ1) is 17.3. The molecule has 0 saturated carbocycles. The zero-order valence-corrected chi connectivity index (χ0v) is 15.8. The number of fused-ring (bicyclic) bond motifs is 3. The van der Waals surface area contributed by atoms with Gasteiger partial charge in [-0.05, 0) is 36.8 Å². The summed E-state index contributed by atoms with van der Waals surface area (Å²) in [6.07, 6.45) is 4.33. The van der Waals surface area contributed by atoms with Crippen LogP contribution < -0.4 is 10.9 Å². The van der Waals surface area contributed by atoms with Crippen LogP contribution in [0.5, 0.6) is 0 Å². The molecule has 0 spiro atoms. The second-order valence-corrected chi connectivity index (χ2v) is 8.36. The summed E-state index contributed by atoms with van der Waals surface area (Å²) in [5.74, 6) is 0.152. The lowest BCUT2D eigenvalue weighted by molar-refractivity contribution is -0.118. The molecule has 134 valence electrons. The van der Waals surface area contributed by atoms with Crippen LogP contribution >= 0.6 is 23.1 Å². The van der Waals surface area contributed by atoms with Gasteiger partial charge in [-0.25, -0.2) is 4.98 Å². The molecule has 2 heterocycles. The Kier molecular flexibility index (Phi) is 5.08. The third-order valence-electron chi connectivity index (χ3n) is 4.48. The standard InChI is InChI=1S/C19H19N3O2S2/c23-15(20-10-12-6-2-1-3-7-12)11-25-19-21-17(24)16-13-8-4-5-9-14(13)26-18(16)22-19/h1-3,6-7H,4-5,8-11H2,(H,20,23)(H,21,22,24). The van der Waals surface area contributed by atoms with E-state index < -0.39 is 0 Å².